The number of nitrogens with zero attached hydrogens (tertiary/aromatic N) is 3. The molecule has 3 heterocycles. The van der Waals surface area contributed by atoms with E-state index in [1.165, 1.54) is 46.0 Å². The molecule has 2 aromatic heterocycles. The molecule has 1 saturated carbocycles. The molecule has 0 N–H and O–H groups in total. The molecule has 6 rings (SSSR count). The maximum Gasteiger partial charge on any atom is 0.345 e. The molecule has 0 spiro atoms. The summed E-state index contributed by atoms with van der Waals surface area (Å²) in [4.78, 5) is 32.1. The zero-order valence-corrected chi connectivity index (χ0v) is 23.9. The highest BCUT2D eigenvalue weighted by Gasteiger charge is 2.41. The third-order valence-corrected chi connectivity index (χ3v) is 8.48. The molecular formula is C32H26ClF4N3O3. The Bertz CT molecular complexity index is 1790. The van der Waals surface area contributed by atoms with Crippen molar-refractivity contribution < 1.29 is 27.1 Å². The smallest absolute Gasteiger partial charge is 0.333 e. The van der Waals surface area contributed by atoms with E-state index >= 15 is 4.39 Å². The fraction of sp³-hybridized carbons (Fsp3) is 0.281. The third kappa shape index (κ3) is 5.45. The first-order valence-corrected chi connectivity index (χ1v) is 14.1. The van der Waals surface area contributed by atoms with Gasteiger partial charge in [-0.1, -0.05) is 29.8 Å². The number of rotatable bonds is 7. The predicted octanol–water partition coefficient (Wildman–Crippen LogP) is 6.78. The summed E-state index contributed by atoms with van der Waals surface area (Å²) in [5, 5.41) is 0.0837. The molecule has 2 fully saturated rings. The van der Waals surface area contributed by atoms with E-state index in [2.05, 4.69) is 9.72 Å². The highest BCUT2D eigenvalue weighted by atomic mass is 35.5. The lowest BCUT2D eigenvalue weighted by molar-refractivity contribution is -0.189. The molecule has 2 aliphatic rings. The average molecular weight is 612 g/mol. The maximum atomic E-state index is 15.7. The van der Waals surface area contributed by atoms with Crippen molar-refractivity contribution in [2.24, 2.45) is 0 Å². The molecule has 222 valence electrons. The lowest BCUT2D eigenvalue weighted by Crippen LogP contribution is -2.55. The number of hydrogen-bond donors (Lipinski definition) is 0. The van der Waals surface area contributed by atoms with Gasteiger partial charge in [0.05, 0.1) is 23.0 Å². The van der Waals surface area contributed by atoms with E-state index in [4.69, 9.17) is 11.6 Å². The number of carbonyl (C=O) groups excluding carboxylic acids is 1. The summed E-state index contributed by atoms with van der Waals surface area (Å²) in [5.74, 6) is -1.60. The SMILES string of the molecule is Cc1cnc(-c2cccc(C(=O)N3CC(OC(F)F)C3)c2F)cc1-n1c(C)cc([C@@H]2CC2c2ccc(F)cc2)c(Cl)c1=O. The number of alkyl halides is 2. The van der Waals surface area contributed by atoms with E-state index in [0.717, 1.165) is 17.5 Å². The summed E-state index contributed by atoms with van der Waals surface area (Å²) >= 11 is 6.65. The number of aromatic nitrogens is 2. The van der Waals surface area contributed by atoms with E-state index in [0.29, 0.717) is 16.9 Å². The number of hydrogen-bond acceptors (Lipinski definition) is 4. The minimum Gasteiger partial charge on any atom is -0.333 e. The van der Waals surface area contributed by atoms with Gasteiger partial charge >= 0.3 is 6.61 Å². The molecule has 1 amide bonds. The minimum absolute atomic E-state index is 0.0334. The van der Waals surface area contributed by atoms with Crippen molar-refractivity contribution in [3.63, 3.8) is 0 Å². The fourth-order valence-corrected chi connectivity index (χ4v) is 6.00. The summed E-state index contributed by atoms with van der Waals surface area (Å²) in [6.45, 7) is 0.476. The van der Waals surface area contributed by atoms with Crippen molar-refractivity contribution in [3.05, 3.63) is 116 Å². The Labute approximate surface area is 249 Å². The summed E-state index contributed by atoms with van der Waals surface area (Å²) in [6.07, 6.45) is 1.50. The van der Waals surface area contributed by atoms with Crippen LogP contribution in [0.15, 0.2) is 65.6 Å². The molecular weight excluding hydrogens is 586 g/mol. The Morgan fingerprint density at radius 3 is 2.47 bits per heavy atom. The van der Waals surface area contributed by atoms with E-state index in [9.17, 15) is 22.8 Å². The Kier molecular flexibility index (Phi) is 7.60. The van der Waals surface area contributed by atoms with Crippen molar-refractivity contribution in [2.45, 2.75) is 44.8 Å². The fourth-order valence-electron chi connectivity index (χ4n) is 5.72. The van der Waals surface area contributed by atoms with Gasteiger partial charge in [-0.3, -0.25) is 19.1 Å². The van der Waals surface area contributed by atoms with Gasteiger partial charge in [0, 0.05) is 30.5 Å². The van der Waals surface area contributed by atoms with Crippen molar-refractivity contribution in [1.29, 1.82) is 0 Å². The largest absolute Gasteiger partial charge is 0.345 e. The van der Waals surface area contributed by atoms with Crippen molar-refractivity contribution in [3.8, 4) is 16.9 Å². The molecule has 1 aliphatic carbocycles. The second-order valence-electron chi connectivity index (χ2n) is 10.9. The number of amides is 1. The van der Waals surface area contributed by atoms with Crippen LogP contribution in [0.3, 0.4) is 0 Å². The number of carbonyl (C=O) groups is 1. The second-order valence-corrected chi connectivity index (χ2v) is 11.3. The minimum atomic E-state index is -2.95. The van der Waals surface area contributed by atoms with E-state index in [-0.39, 0.29) is 52.6 Å². The van der Waals surface area contributed by atoms with Crippen LogP contribution >= 0.6 is 11.6 Å². The summed E-state index contributed by atoms with van der Waals surface area (Å²) in [6, 6.07) is 14.1. The number of benzene rings is 2. The van der Waals surface area contributed by atoms with Crippen molar-refractivity contribution in [2.75, 3.05) is 13.1 Å². The Morgan fingerprint density at radius 1 is 1.05 bits per heavy atom. The Hall–Kier alpha value is -4.02. The van der Waals surface area contributed by atoms with Crippen LogP contribution in [0, 0.1) is 25.5 Å². The Balaban J connectivity index is 1.30. The van der Waals surface area contributed by atoms with Gasteiger partial charge in [-0.2, -0.15) is 8.78 Å². The first kappa shape index (κ1) is 29.1. The standard InChI is InChI=1S/C32H26ClF4N3O3/c1-16-13-38-26(21-4-3-5-22(29(21)35)30(41)39-14-20(15-39)43-32(36)37)12-27(16)40-17(2)10-25(28(33)31(40)42)24-11-23(24)18-6-8-19(34)9-7-18/h3-10,12-13,20,23-24,32H,11,14-15H2,1-2H3/t23?,24-/m1/s1. The molecule has 4 aromatic rings. The predicted molar refractivity (Wildman–Crippen MR) is 153 cm³/mol. The quantitative estimate of drug-likeness (QED) is 0.216. The van der Waals surface area contributed by atoms with Crippen LogP contribution in [0.1, 0.15) is 51.0 Å². The molecule has 0 bridgehead atoms. The monoisotopic (exact) mass is 611 g/mol. The lowest BCUT2D eigenvalue weighted by Gasteiger charge is -2.38. The van der Waals surface area contributed by atoms with Gasteiger partial charge in [0.25, 0.3) is 11.5 Å². The highest BCUT2D eigenvalue weighted by Crippen LogP contribution is 2.55. The van der Waals surface area contributed by atoms with Crippen LogP contribution in [-0.4, -0.2) is 46.2 Å². The highest BCUT2D eigenvalue weighted by molar-refractivity contribution is 6.31. The summed E-state index contributed by atoms with van der Waals surface area (Å²) < 4.78 is 59.8. The van der Waals surface area contributed by atoms with Gasteiger partial charge in [-0.05, 0) is 85.2 Å². The van der Waals surface area contributed by atoms with Gasteiger partial charge in [0.1, 0.15) is 16.7 Å². The number of likely N-dealkylation sites (tertiary alicyclic amines) is 1. The van der Waals surface area contributed by atoms with E-state index in [1.807, 2.05) is 6.07 Å². The molecule has 0 radical (unpaired) electrons. The number of aryl methyl sites for hydroxylation is 2. The molecule has 1 unspecified atom stereocenters. The van der Waals surface area contributed by atoms with Gasteiger partial charge in [0.2, 0.25) is 0 Å². The van der Waals surface area contributed by atoms with Gasteiger partial charge in [0.15, 0.2) is 0 Å². The van der Waals surface area contributed by atoms with Crippen LogP contribution < -0.4 is 5.56 Å². The summed E-state index contributed by atoms with van der Waals surface area (Å²) in [5.41, 5.74) is 3.02. The number of ether oxygens (including phenoxy) is 1. The van der Waals surface area contributed by atoms with Crippen molar-refractivity contribution >= 4 is 17.5 Å². The maximum absolute atomic E-state index is 15.7. The number of halogens is 5. The molecule has 2 atom stereocenters. The summed E-state index contributed by atoms with van der Waals surface area (Å²) in [7, 11) is 0. The number of pyridine rings is 2. The zero-order chi connectivity index (χ0) is 30.6. The van der Waals surface area contributed by atoms with Crippen LogP contribution in [0.2, 0.25) is 5.02 Å². The molecule has 6 nitrogen and oxygen atoms in total. The zero-order valence-electron chi connectivity index (χ0n) is 23.2. The first-order valence-electron chi connectivity index (χ1n) is 13.7. The van der Waals surface area contributed by atoms with Crippen LogP contribution in [0.25, 0.3) is 16.9 Å². The normalized spacial score (nSPS) is 18.2. The molecule has 1 saturated heterocycles. The van der Waals surface area contributed by atoms with Crippen LogP contribution in [0.5, 0.6) is 0 Å². The van der Waals surface area contributed by atoms with Crippen LogP contribution in [-0.2, 0) is 4.74 Å². The average Bonchev–Trinajstić information content (AvgIpc) is 3.74. The second kappa shape index (κ2) is 11.2. The van der Waals surface area contributed by atoms with Gasteiger partial charge in [-0.25, -0.2) is 8.78 Å². The lowest BCUT2D eigenvalue weighted by atomic mass is 10.0. The van der Waals surface area contributed by atoms with E-state index < -0.39 is 30.0 Å². The van der Waals surface area contributed by atoms with E-state index in [1.54, 1.807) is 32.0 Å². The van der Waals surface area contributed by atoms with Gasteiger partial charge < -0.3 is 9.64 Å². The molecule has 43 heavy (non-hydrogen) atoms. The molecule has 2 aromatic carbocycles. The topological polar surface area (TPSA) is 64.4 Å². The molecule has 11 heteroatoms. The van der Waals surface area contributed by atoms with Crippen LogP contribution in [0.4, 0.5) is 17.6 Å². The Morgan fingerprint density at radius 2 is 1.77 bits per heavy atom. The van der Waals surface area contributed by atoms with Gasteiger partial charge in [-0.15, -0.1) is 0 Å². The molecule has 1 aliphatic heterocycles. The first-order chi connectivity index (χ1) is 20.5. The third-order valence-electron chi connectivity index (χ3n) is 8.10. The van der Waals surface area contributed by atoms with Crippen molar-refractivity contribution in [1.82, 2.24) is 14.5 Å².